The summed E-state index contributed by atoms with van der Waals surface area (Å²) >= 11 is 4.99. The number of esters is 2. The van der Waals surface area contributed by atoms with Crippen LogP contribution >= 0.6 is 27.3 Å². The Morgan fingerprint density at radius 1 is 1.24 bits per heavy atom. The molecule has 2 fully saturated rings. The van der Waals surface area contributed by atoms with Gasteiger partial charge in [0, 0.05) is 59.2 Å². The van der Waals surface area contributed by atoms with Crippen molar-refractivity contribution in [1.29, 1.82) is 0 Å². The molecule has 3 atom stereocenters. The molecule has 1 amide bonds. The van der Waals surface area contributed by atoms with Gasteiger partial charge in [-0.2, -0.15) is 0 Å². The summed E-state index contributed by atoms with van der Waals surface area (Å²) in [5.74, 6) is -0.443. The minimum Gasteiger partial charge on any atom is -0.457 e. The number of carbonyl (C=O) groups is 3. The van der Waals surface area contributed by atoms with Gasteiger partial charge in [-0.05, 0) is 78.0 Å². The molecule has 1 aromatic heterocycles. The van der Waals surface area contributed by atoms with Crippen molar-refractivity contribution in [3.8, 4) is 5.75 Å². The van der Waals surface area contributed by atoms with Crippen LogP contribution in [0.25, 0.3) is 6.08 Å². The van der Waals surface area contributed by atoms with Gasteiger partial charge in [0.2, 0.25) is 5.91 Å². The van der Waals surface area contributed by atoms with Gasteiger partial charge in [-0.15, -0.1) is 17.9 Å². The zero-order chi connectivity index (χ0) is 27.3. The Hall–Kier alpha value is -2.75. The minimum atomic E-state index is -0.796. The third-order valence-electron chi connectivity index (χ3n) is 7.41. The summed E-state index contributed by atoms with van der Waals surface area (Å²) in [7, 11) is 0. The van der Waals surface area contributed by atoms with Gasteiger partial charge >= 0.3 is 11.9 Å². The summed E-state index contributed by atoms with van der Waals surface area (Å²) in [5, 5.41) is 5.16. The van der Waals surface area contributed by atoms with Crippen molar-refractivity contribution in [2.24, 2.45) is 0 Å². The molecule has 2 aliphatic rings. The standard InChI is InChI=1S/C29H33BrN2O5S/c1-4-13-32-14-12-28(22-6-5-7-25(15-22)36-20(2)33)17-24(10-11-29(28,19-32)37-21(3)34)31-27(35)9-8-26-16-23(30)18-38-26/h4-9,15-16,18,24H,1,10-14,17,19H2,2-3H3,(H,31,35)/t24-,28-,29-/m0/s1. The molecule has 38 heavy (non-hydrogen) atoms. The number of benzene rings is 1. The Balaban J connectivity index is 1.68. The van der Waals surface area contributed by atoms with Crippen LogP contribution in [-0.2, 0) is 24.5 Å². The summed E-state index contributed by atoms with van der Waals surface area (Å²) < 4.78 is 12.6. The SMILES string of the molecule is C=CCN1CC[C@@]2(c3cccc(OC(C)=O)c3)C[C@@H](NC(=O)C=Cc3cc(Br)cs3)CC[C@]2(OC(C)=O)C1. The first-order valence-electron chi connectivity index (χ1n) is 12.7. The van der Waals surface area contributed by atoms with Gasteiger partial charge in [-0.3, -0.25) is 19.3 Å². The summed E-state index contributed by atoms with van der Waals surface area (Å²) in [5.41, 5.74) is -0.436. The summed E-state index contributed by atoms with van der Waals surface area (Å²) in [6.07, 6.45) is 7.80. The molecular formula is C29H33BrN2O5S. The first-order chi connectivity index (χ1) is 18.1. The second kappa shape index (κ2) is 12.0. The summed E-state index contributed by atoms with van der Waals surface area (Å²) in [6, 6.07) is 9.34. The number of amides is 1. The number of thiophene rings is 1. The van der Waals surface area contributed by atoms with E-state index in [-0.39, 0.29) is 17.9 Å². The predicted octanol–water partition coefficient (Wildman–Crippen LogP) is 5.25. The van der Waals surface area contributed by atoms with Crippen molar-refractivity contribution in [2.45, 2.75) is 56.6 Å². The third kappa shape index (κ3) is 6.27. The number of halogens is 1. The van der Waals surface area contributed by atoms with E-state index in [4.69, 9.17) is 9.47 Å². The molecule has 1 aromatic carbocycles. The molecule has 0 radical (unpaired) electrons. The van der Waals surface area contributed by atoms with Crippen molar-refractivity contribution >= 4 is 51.2 Å². The molecule has 1 aliphatic carbocycles. The smallest absolute Gasteiger partial charge is 0.308 e. The molecule has 1 N–H and O–H groups in total. The molecule has 0 unspecified atom stereocenters. The quantitative estimate of drug-likeness (QED) is 0.193. The lowest BCUT2D eigenvalue weighted by atomic mass is 9.55. The van der Waals surface area contributed by atoms with E-state index in [1.165, 1.54) is 13.8 Å². The van der Waals surface area contributed by atoms with Crippen LogP contribution in [0, 0.1) is 0 Å². The van der Waals surface area contributed by atoms with Crippen LogP contribution in [0.5, 0.6) is 5.75 Å². The highest BCUT2D eigenvalue weighted by Crippen LogP contribution is 2.54. The topological polar surface area (TPSA) is 84.9 Å². The van der Waals surface area contributed by atoms with Crippen molar-refractivity contribution in [1.82, 2.24) is 10.2 Å². The number of piperidine rings is 1. The second-order valence-corrected chi connectivity index (χ2v) is 11.9. The number of likely N-dealkylation sites (tertiary alicyclic amines) is 1. The number of rotatable bonds is 8. The Morgan fingerprint density at radius 2 is 2.05 bits per heavy atom. The highest BCUT2D eigenvalue weighted by molar-refractivity contribution is 9.10. The molecule has 1 saturated carbocycles. The molecule has 7 nitrogen and oxygen atoms in total. The van der Waals surface area contributed by atoms with Gasteiger partial charge in [0.05, 0.1) is 0 Å². The van der Waals surface area contributed by atoms with Gasteiger partial charge in [0.1, 0.15) is 11.4 Å². The van der Waals surface area contributed by atoms with E-state index in [9.17, 15) is 14.4 Å². The van der Waals surface area contributed by atoms with Gasteiger partial charge in [-0.1, -0.05) is 18.2 Å². The van der Waals surface area contributed by atoms with E-state index < -0.39 is 17.0 Å². The maximum absolute atomic E-state index is 12.9. The molecule has 2 heterocycles. The van der Waals surface area contributed by atoms with Crippen LogP contribution in [-0.4, -0.2) is 54.0 Å². The van der Waals surface area contributed by atoms with Crippen LogP contribution in [0.15, 0.2) is 58.9 Å². The van der Waals surface area contributed by atoms with Crippen molar-refractivity contribution < 1.29 is 23.9 Å². The van der Waals surface area contributed by atoms with E-state index in [1.54, 1.807) is 23.5 Å². The summed E-state index contributed by atoms with van der Waals surface area (Å²) in [6.45, 7) is 8.74. The number of carbonyl (C=O) groups excluding carboxylic acids is 3. The van der Waals surface area contributed by atoms with Crippen molar-refractivity contribution in [3.05, 3.63) is 69.4 Å². The molecule has 1 aliphatic heterocycles. The average molecular weight is 602 g/mol. The zero-order valence-corrected chi connectivity index (χ0v) is 24.1. The summed E-state index contributed by atoms with van der Waals surface area (Å²) in [4.78, 5) is 40.3. The molecule has 0 spiro atoms. The average Bonchev–Trinajstić information content (AvgIpc) is 3.27. The lowest BCUT2D eigenvalue weighted by Gasteiger charge is -2.59. The largest absolute Gasteiger partial charge is 0.457 e. The van der Waals surface area contributed by atoms with Crippen LogP contribution in [0.2, 0.25) is 0 Å². The molecule has 0 bridgehead atoms. The Kier molecular flexibility index (Phi) is 8.90. The molecule has 1 saturated heterocycles. The Bertz CT molecular complexity index is 1240. The molecule has 9 heteroatoms. The number of nitrogens with zero attached hydrogens (tertiary/aromatic N) is 1. The Labute approximate surface area is 236 Å². The Morgan fingerprint density at radius 3 is 2.74 bits per heavy atom. The van der Waals surface area contributed by atoms with E-state index in [1.807, 2.05) is 41.8 Å². The van der Waals surface area contributed by atoms with Crippen LogP contribution in [0.1, 0.15) is 50.0 Å². The maximum Gasteiger partial charge on any atom is 0.308 e. The maximum atomic E-state index is 12.9. The fourth-order valence-corrected chi connectivity index (χ4v) is 7.33. The third-order valence-corrected chi connectivity index (χ3v) is 9.06. The first kappa shape index (κ1) is 28.3. The molecular weight excluding hydrogens is 568 g/mol. The van der Waals surface area contributed by atoms with Gasteiger partial charge in [0.25, 0.3) is 0 Å². The second-order valence-electron chi connectivity index (χ2n) is 10.0. The fraction of sp³-hybridized carbons (Fsp3) is 0.414. The van der Waals surface area contributed by atoms with Crippen molar-refractivity contribution in [2.75, 3.05) is 19.6 Å². The highest BCUT2D eigenvalue weighted by atomic mass is 79.9. The number of hydrogen-bond acceptors (Lipinski definition) is 7. The zero-order valence-electron chi connectivity index (χ0n) is 21.7. The highest BCUT2D eigenvalue weighted by Gasteiger charge is 2.60. The monoisotopic (exact) mass is 600 g/mol. The van der Waals surface area contributed by atoms with Crippen LogP contribution < -0.4 is 10.1 Å². The van der Waals surface area contributed by atoms with E-state index >= 15 is 0 Å². The normalized spacial score (nSPS) is 25.4. The lowest BCUT2D eigenvalue weighted by Crippen LogP contribution is -2.68. The van der Waals surface area contributed by atoms with E-state index in [2.05, 4.69) is 32.7 Å². The first-order valence-corrected chi connectivity index (χ1v) is 14.4. The number of nitrogens with one attached hydrogen (secondary N) is 1. The van der Waals surface area contributed by atoms with Crippen molar-refractivity contribution in [3.63, 3.8) is 0 Å². The van der Waals surface area contributed by atoms with E-state index in [0.717, 1.165) is 21.5 Å². The predicted molar refractivity (Wildman–Crippen MR) is 152 cm³/mol. The minimum absolute atomic E-state index is 0.116. The van der Waals surface area contributed by atoms with E-state index in [0.29, 0.717) is 44.5 Å². The van der Waals surface area contributed by atoms with Gasteiger partial charge in [-0.25, -0.2) is 0 Å². The number of ether oxygens (including phenoxy) is 2. The van der Waals surface area contributed by atoms with Gasteiger partial charge < -0.3 is 14.8 Å². The van der Waals surface area contributed by atoms with Crippen LogP contribution in [0.4, 0.5) is 0 Å². The van der Waals surface area contributed by atoms with Gasteiger partial charge in [0.15, 0.2) is 0 Å². The molecule has 202 valence electrons. The number of hydrogen-bond donors (Lipinski definition) is 1. The fourth-order valence-electron chi connectivity index (χ4n) is 5.99. The molecule has 4 rings (SSSR count). The number of fused-ring (bicyclic) bond motifs is 1. The van der Waals surface area contributed by atoms with Crippen LogP contribution in [0.3, 0.4) is 0 Å². The lowest BCUT2D eigenvalue weighted by molar-refractivity contribution is -0.186. The molecule has 2 aromatic rings.